The summed E-state index contributed by atoms with van der Waals surface area (Å²) in [5.74, 6) is -1.48. The Morgan fingerprint density at radius 3 is 2.45 bits per heavy atom. The number of allylic oxidation sites excluding steroid dienone is 3. The number of ether oxygens (including phenoxy) is 4. The molecule has 2 aliphatic heterocycles. The molecule has 1 aliphatic carbocycles. The van der Waals surface area contributed by atoms with Crippen LogP contribution in [0.5, 0.6) is 0 Å². The number of hydrogen-bond donors (Lipinski definition) is 0. The standard InChI is InChI=1S/C14H16O6/c15-13(19-7-9-5-17-9)11-3-1-2-4-12(11)14(16)20-8-10-6-18-10/h1-3,9-10,12H,4-8H2. The van der Waals surface area contributed by atoms with Crippen molar-refractivity contribution in [1.29, 1.82) is 0 Å². The summed E-state index contributed by atoms with van der Waals surface area (Å²) < 4.78 is 20.2. The van der Waals surface area contributed by atoms with Crippen LogP contribution in [0.4, 0.5) is 0 Å². The minimum absolute atomic E-state index is 0.0103. The van der Waals surface area contributed by atoms with E-state index in [0.29, 0.717) is 25.2 Å². The highest BCUT2D eigenvalue weighted by atomic mass is 16.6. The van der Waals surface area contributed by atoms with E-state index in [9.17, 15) is 9.59 Å². The highest BCUT2D eigenvalue weighted by Gasteiger charge is 2.33. The number of epoxide rings is 2. The molecule has 0 saturated carbocycles. The molecule has 6 heteroatoms. The summed E-state index contributed by atoms with van der Waals surface area (Å²) in [7, 11) is 0. The number of carbonyl (C=O) groups excluding carboxylic acids is 2. The van der Waals surface area contributed by atoms with Crippen molar-refractivity contribution >= 4 is 11.9 Å². The van der Waals surface area contributed by atoms with Gasteiger partial charge in [0, 0.05) is 0 Å². The maximum absolute atomic E-state index is 12.0. The molecule has 6 nitrogen and oxygen atoms in total. The molecule has 108 valence electrons. The van der Waals surface area contributed by atoms with Crippen LogP contribution in [-0.4, -0.2) is 50.6 Å². The molecule has 2 heterocycles. The summed E-state index contributed by atoms with van der Waals surface area (Å²) in [5.41, 5.74) is 0.342. The zero-order chi connectivity index (χ0) is 13.9. The van der Waals surface area contributed by atoms with Crippen molar-refractivity contribution in [2.45, 2.75) is 18.6 Å². The van der Waals surface area contributed by atoms with Gasteiger partial charge in [0.1, 0.15) is 25.4 Å². The van der Waals surface area contributed by atoms with Gasteiger partial charge in [-0.15, -0.1) is 0 Å². The van der Waals surface area contributed by atoms with Gasteiger partial charge in [0.15, 0.2) is 0 Å². The molecule has 2 saturated heterocycles. The average molecular weight is 280 g/mol. The molecule has 3 atom stereocenters. The van der Waals surface area contributed by atoms with E-state index in [0.717, 1.165) is 0 Å². The first kappa shape index (κ1) is 13.3. The smallest absolute Gasteiger partial charge is 0.334 e. The topological polar surface area (TPSA) is 77.7 Å². The fourth-order valence-corrected chi connectivity index (χ4v) is 1.92. The van der Waals surface area contributed by atoms with Crippen LogP contribution in [0.25, 0.3) is 0 Å². The number of esters is 2. The third-order valence-corrected chi connectivity index (χ3v) is 3.30. The van der Waals surface area contributed by atoms with Gasteiger partial charge in [-0.1, -0.05) is 18.2 Å². The number of hydrogen-bond acceptors (Lipinski definition) is 6. The van der Waals surface area contributed by atoms with Crippen molar-refractivity contribution in [3.8, 4) is 0 Å². The van der Waals surface area contributed by atoms with E-state index >= 15 is 0 Å². The summed E-state index contributed by atoms with van der Waals surface area (Å²) in [6, 6.07) is 0. The quantitative estimate of drug-likeness (QED) is 0.517. The second-order valence-electron chi connectivity index (χ2n) is 4.98. The zero-order valence-electron chi connectivity index (χ0n) is 10.9. The molecule has 3 aliphatic rings. The molecule has 0 bridgehead atoms. The van der Waals surface area contributed by atoms with Crippen molar-refractivity contribution in [2.24, 2.45) is 5.92 Å². The molecule has 2 fully saturated rings. The van der Waals surface area contributed by atoms with Gasteiger partial charge in [0.25, 0.3) is 0 Å². The van der Waals surface area contributed by atoms with Gasteiger partial charge in [0.2, 0.25) is 0 Å². The summed E-state index contributed by atoms with van der Waals surface area (Å²) in [5, 5.41) is 0. The Morgan fingerprint density at radius 1 is 1.15 bits per heavy atom. The van der Waals surface area contributed by atoms with E-state index in [1.807, 2.05) is 6.08 Å². The second kappa shape index (κ2) is 5.76. The SMILES string of the molecule is O=C(OCC1CO1)C1=CC=CCC1C(=O)OCC1CO1. The van der Waals surface area contributed by atoms with Crippen LogP contribution in [0.15, 0.2) is 23.8 Å². The maximum Gasteiger partial charge on any atom is 0.334 e. The van der Waals surface area contributed by atoms with E-state index in [4.69, 9.17) is 18.9 Å². The summed E-state index contributed by atoms with van der Waals surface area (Å²) in [6.45, 7) is 1.73. The van der Waals surface area contributed by atoms with Gasteiger partial charge in [0.05, 0.1) is 24.7 Å². The largest absolute Gasteiger partial charge is 0.462 e. The second-order valence-corrected chi connectivity index (χ2v) is 4.98. The minimum atomic E-state index is -0.591. The summed E-state index contributed by atoms with van der Waals surface area (Å²) >= 11 is 0. The lowest BCUT2D eigenvalue weighted by Crippen LogP contribution is -2.27. The van der Waals surface area contributed by atoms with Crippen LogP contribution in [0.3, 0.4) is 0 Å². The highest BCUT2D eigenvalue weighted by molar-refractivity contribution is 5.96. The molecule has 3 unspecified atom stereocenters. The van der Waals surface area contributed by atoms with Crippen molar-refractivity contribution in [2.75, 3.05) is 26.4 Å². The maximum atomic E-state index is 12.0. The van der Waals surface area contributed by atoms with Gasteiger partial charge in [-0.3, -0.25) is 4.79 Å². The molecular formula is C14H16O6. The first-order valence-electron chi connectivity index (χ1n) is 6.67. The first-order valence-corrected chi connectivity index (χ1v) is 6.67. The van der Waals surface area contributed by atoms with Crippen LogP contribution < -0.4 is 0 Å². The van der Waals surface area contributed by atoms with Crippen LogP contribution in [-0.2, 0) is 28.5 Å². The lowest BCUT2D eigenvalue weighted by Gasteiger charge is -2.18. The Bertz CT molecular complexity index is 458. The van der Waals surface area contributed by atoms with E-state index in [1.54, 1.807) is 12.2 Å². The van der Waals surface area contributed by atoms with Gasteiger partial charge >= 0.3 is 11.9 Å². The molecular weight excluding hydrogens is 264 g/mol. The highest BCUT2D eigenvalue weighted by Crippen LogP contribution is 2.24. The van der Waals surface area contributed by atoms with Crippen LogP contribution in [0.1, 0.15) is 6.42 Å². The Labute approximate surface area is 116 Å². The fourth-order valence-electron chi connectivity index (χ4n) is 1.92. The van der Waals surface area contributed by atoms with Crippen LogP contribution in [0, 0.1) is 5.92 Å². The van der Waals surface area contributed by atoms with Crippen molar-refractivity contribution in [1.82, 2.24) is 0 Å². The molecule has 0 aromatic carbocycles. The Balaban J connectivity index is 1.56. The van der Waals surface area contributed by atoms with Gasteiger partial charge in [-0.25, -0.2) is 4.79 Å². The van der Waals surface area contributed by atoms with E-state index in [-0.39, 0.29) is 25.4 Å². The van der Waals surface area contributed by atoms with Crippen molar-refractivity contribution < 1.29 is 28.5 Å². The van der Waals surface area contributed by atoms with Crippen molar-refractivity contribution in [3.05, 3.63) is 23.8 Å². The molecule has 0 N–H and O–H groups in total. The Hall–Kier alpha value is -1.66. The minimum Gasteiger partial charge on any atom is -0.462 e. The predicted molar refractivity (Wildman–Crippen MR) is 66.7 cm³/mol. The zero-order valence-corrected chi connectivity index (χ0v) is 10.9. The van der Waals surface area contributed by atoms with Crippen LogP contribution >= 0.6 is 0 Å². The molecule has 0 spiro atoms. The lowest BCUT2D eigenvalue weighted by atomic mass is 9.91. The van der Waals surface area contributed by atoms with E-state index in [2.05, 4.69) is 0 Å². The van der Waals surface area contributed by atoms with Crippen LogP contribution in [0.2, 0.25) is 0 Å². The third kappa shape index (κ3) is 3.46. The van der Waals surface area contributed by atoms with Gasteiger partial charge in [-0.2, -0.15) is 0 Å². The van der Waals surface area contributed by atoms with Crippen molar-refractivity contribution in [3.63, 3.8) is 0 Å². The van der Waals surface area contributed by atoms with E-state index in [1.165, 1.54) is 0 Å². The first-order chi connectivity index (χ1) is 9.74. The molecule has 0 amide bonds. The molecule has 20 heavy (non-hydrogen) atoms. The number of rotatable bonds is 6. The lowest BCUT2D eigenvalue weighted by molar-refractivity contribution is -0.151. The Morgan fingerprint density at radius 2 is 1.80 bits per heavy atom. The molecule has 0 aromatic rings. The Kier molecular flexibility index (Phi) is 3.84. The number of carbonyl (C=O) groups is 2. The summed E-state index contributed by atoms with van der Waals surface area (Å²) in [6.07, 6.45) is 5.67. The third-order valence-electron chi connectivity index (χ3n) is 3.30. The average Bonchev–Trinajstić information content (AvgIpc) is 3.36. The van der Waals surface area contributed by atoms with Gasteiger partial charge in [-0.05, 0) is 6.42 Å². The molecule has 3 rings (SSSR count). The van der Waals surface area contributed by atoms with E-state index < -0.39 is 17.9 Å². The molecule has 0 radical (unpaired) electrons. The van der Waals surface area contributed by atoms with Gasteiger partial charge < -0.3 is 18.9 Å². The fraction of sp³-hybridized carbons (Fsp3) is 0.571. The monoisotopic (exact) mass is 280 g/mol. The summed E-state index contributed by atoms with van der Waals surface area (Å²) in [4.78, 5) is 24.0. The normalized spacial score (nSPS) is 30.4. The predicted octanol–water partition coefficient (Wildman–Crippen LogP) is 0.373. The molecule has 0 aromatic heterocycles.